The molecule has 0 radical (unpaired) electrons. The van der Waals surface area contributed by atoms with Crippen LogP contribution in [0, 0.1) is 11.3 Å². The smallest absolute Gasteiger partial charge is 0.317 e. The molecule has 7 heterocycles. The third-order valence-corrected chi connectivity index (χ3v) is 8.39. The van der Waals surface area contributed by atoms with Crippen LogP contribution in [0.1, 0.15) is 25.3 Å². The van der Waals surface area contributed by atoms with Crippen LogP contribution in [0.25, 0.3) is 0 Å². The second kappa shape index (κ2) is 4.24. The SMILES string of the molecule is C/C=C1/CN2[C@H]3O[C@@H]4C[C@@]56c7ccccc7N[C@]5(O4)[C@@H]2C[C@@H]1[C@@]36C(=O)OC. The van der Waals surface area contributed by atoms with Crippen molar-refractivity contribution in [3.63, 3.8) is 0 Å². The van der Waals surface area contributed by atoms with Gasteiger partial charge in [-0.2, -0.15) is 0 Å². The van der Waals surface area contributed by atoms with Gasteiger partial charge in [-0.25, -0.2) is 0 Å². The number of esters is 1. The number of nitrogens with one attached hydrogen (secondary N) is 1. The normalized spacial score (nSPS) is 53.4. The minimum absolute atomic E-state index is 0.124. The van der Waals surface area contributed by atoms with E-state index in [0.29, 0.717) is 6.42 Å². The molecule has 140 valence electrons. The Morgan fingerprint density at radius 2 is 2.26 bits per heavy atom. The topological polar surface area (TPSA) is 60.0 Å². The van der Waals surface area contributed by atoms with Crippen LogP contribution in [-0.2, 0) is 24.4 Å². The lowest BCUT2D eigenvalue weighted by molar-refractivity contribution is -0.303. The first-order valence-electron chi connectivity index (χ1n) is 9.84. The highest BCUT2D eigenvalue weighted by Gasteiger charge is 2.92. The van der Waals surface area contributed by atoms with Gasteiger partial charge in [0.1, 0.15) is 11.6 Å². The fourth-order valence-electron chi connectivity index (χ4n) is 7.80. The van der Waals surface area contributed by atoms with Gasteiger partial charge in [-0.1, -0.05) is 29.8 Å². The number of hydrogen-bond donors (Lipinski definition) is 1. The van der Waals surface area contributed by atoms with Gasteiger partial charge in [0, 0.05) is 24.6 Å². The fourth-order valence-corrected chi connectivity index (χ4v) is 7.80. The first-order valence-corrected chi connectivity index (χ1v) is 9.84. The molecule has 1 unspecified atom stereocenters. The molecule has 8 aliphatic rings. The van der Waals surface area contributed by atoms with Gasteiger partial charge >= 0.3 is 5.97 Å². The van der Waals surface area contributed by atoms with Crippen molar-refractivity contribution in [1.29, 1.82) is 0 Å². The summed E-state index contributed by atoms with van der Waals surface area (Å²) in [4.78, 5) is 16.0. The second-order valence-corrected chi connectivity index (χ2v) is 8.75. The van der Waals surface area contributed by atoms with Crippen molar-refractivity contribution < 1.29 is 19.0 Å². The molecule has 6 heteroatoms. The molecule has 7 fully saturated rings. The van der Waals surface area contributed by atoms with E-state index in [1.165, 1.54) is 18.2 Å². The van der Waals surface area contributed by atoms with E-state index in [2.05, 4.69) is 41.4 Å². The molecule has 1 saturated carbocycles. The van der Waals surface area contributed by atoms with E-state index in [4.69, 9.17) is 14.2 Å². The first-order chi connectivity index (χ1) is 13.1. The average molecular weight is 366 g/mol. The number of hydrogen-bond acceptors (Lipinski definition) is 6. The number of benzene rings is 1. The lowest BCUT2D eigenvalue weighted by atomic mass is 9.39. The van der Waals surface area contributed by atoms with Crippen molar-refractivity contribution in [3.05, 3.63) is 41.5 Å². The van der Waals surface area contributed by atoms with Crippen molar-refractivity contribution in [2.75, 3.05) is 19.0 Å². The summed E-state index contributed by atoms with van der Waals surface area (Å²) in [7, 11) is 1.51. The Kier molecular flexibility index (Phi) is 2.37. The maximum atomic E-state index is 13.7. The number of carbonyl (C=O) groups is 1. The van der Waals surface area contributed by atoms with E-state index in [-0.39, 0.29) is 30.4 Å². The van der Waals surface area contributed by atoms with Crippen LogP contribution >= 0.6 is 0 Å². The minimum atomic E-state index is -0.788. The Bertz CT molecular complexity index is 946. The zero-order valence-electron chi connectivity index (χ0n) is 15.4. The van der Waals surface area contributed by atoms with E-state index in [1.54, 1.807) is 0 Å². The number of allylic oxidation sites excluding steroid dienone is 1. The van der Waals surface area contributed by atoms with Crippen molar-refractivity contribution in [3.8, 4) is 0 Å². The number of piperidine rings is 4. The highest BCUT2D eigenvalue weighted by molar-refractivity contribution is 5.87. The van der Waals surface area contributed by atoms with Crippen LogP contribution < -0.4 is 5.32 Å². The minimum Gasteiger partial charge on any atom is -0.468 e. The van der Waals surface area contributed by atoms with E-state index in [0.717, 1.165) is 18.7 Å². The fraction of sp³-hybridized carbons (Fsp3) is 0.571. The third kappa shape index (κ3) is 1.18. The predicted molar refractivity (Wildman–Crippen MR) is 95.6 cm³/mol. The number of carbonyl (C=O) groups excluding carboxylic acids is 1. The molecule has 1 aromatic rings. The number of methoxy groups -OCH3 is 1. The molecule has 9 rings (SSSR count). The molecule has 1 spiro atoms. The van der Waals surface area contributed by atoms with Crippen LogP contribution in [-0.4, -0.2) is 48.8 Å². The monoisotopic (exact) mass is 366 g/mol. The third-order valence-electron chi connectivity index (χ3n) is 8.39. The Labute approximate surface area is 157 Å². The van der Waals surface area contributed by atoms with Gasteiger partial charge in [0.2, 0.25) is 0 Å². The standard InChI is InChI=1S/C21H22N2O4/c1-3-11-10-23-15-8-13(11)20(18(24)25-2)17(23)26-16-9-19(20)12-6-4-5-7-14(12)22-21(15,19)27-16/h3-7,13,15-17,22H,8-10H2,1-2H3/b11-3-/t13-,15-,16-,17-,19-,20-,21-/m0/s1. The van der Waals surface area contributed by atoms with Crippen LogP contribution in [0.2, 0.25) is 0 Å². The molecule has 1 aliphatic carbocycles. The summed E-state index contributed by atoms with van der Waals surface area (Å²) in [6, 6.07) is 8.57. The Morgan fingerprint density at radius 1 is 1.41 bits per heavy atom. The van der Waals surface area contributed by atoms with Gasteiger partial charge in [0.15, 0.2) is 12.0 Å². The molecular weight excluding hydrogens is 344 g/mol. The first kappa shape index (κ1) is 15.1. The van der Waals surface area contributed by atoms with Gasteiger partial charge in [-0.05, 0) is 25.0 Å². The van der Waals surface area contributed by atoms with E-state index < -0.39 is 16.6 Å². The van der Waals surface area contributed by atoms with Crippen molar-refractivity contribution in [2.24, 2.45) is 11.3 Å². The summed E-state index contributed by atoms with van der Waals surface area (Å²) in [5.74, 6) is -0.0368. The van der Waals surface area contributed by atoms with Crippen LogP contribution in [0.3, 0.4) is 0 Å². The predicted octanol–water partition coefficient (Wildman–Crippen LogP) is 1.97. The molecule has 0 aromatic heterocycles. The molecule has 6 saturated heterocycles. The summed E-state index contributed by atoms with van der Waals surface area (Å²) in [6.45, 7) is 2.92. The van der Waals surface area contributed by atoms with Crippen molar-refractivity contribution >= 4 is 11.7 Å². The number of nitrogens with zero attached hydrogens (tertiary/aromatic N) is 1. The summed E-state index contributed by atoms with van der Waals surface area (Å²) >= 11 is 0. The quantitative estimate of drug-likeness (QED) is 0.606. The number of para-hydroxylation sites is 1. The van der Waals surface area contributed by atoms with E-state index in [1.807, 2.05) is 6.07 Å². The lowest BCUT2D eigenvalue weighted by Crippen LogP contribution is -2.88. The highest BCUT2D eigenvalue weighted by Crippen LogP contribution is 2.79. The zero-order chi connectivity index (χ0) is 18.2. The molecule has 6 nitrogen and oxygen atoms in total. The Morgan fingerprint density at radius 3 is 3.07 bits per heavy atom. The molecule has 7 bridgehead atoms. The maximum absolute atomic E-state index is 13.7. The Hall–Kier alpha value is -1.89. The maximum Gasteiger partial charge on any atom is 0.317 e. The van der Waals surface area contributed by atoms with E-state index in [9.17, 15) is 4.79 Å². The lowest BCUT2D eigenvalue weighted by Gasteiger charge is -2.73. The molecule has 1 N–H and O–H groups in total. The summed E-state index contributed by atoms with van der Waals surface area (Å²) < 4.78 is 18.6. The molecule has 7 aliphatic heterocycles. The van der Waals surface area contributed by atoms with Gasteiger partial charge in [0.25, 0.3) is 0 Å². The number of anilines is 1. The largest absolute Gasteiger partial charge is 0.468 e. The molecule has 27 heavy (non-hydrogen) atoms. The summed E-state index contributed by atoms with van der Waals surface area (Å²) in [5, 5.41) is 3.74. The van der Waals surface area contributed by atoms with Gasteiger partial charge < -0.3 is 19.5 Å². The number of fused-ring (bicyclic) bond motifs is 3. The molecule has 8 atom stereocenters. The average Bonchev–Trinajstić information content (AvgIpc) is 3.11. The summed E-state index contributed by atoms with van der Waals surface area (Å²) in [5.41, 5.74) is 1.73. The van der Waals surface area contributed by atoms with Gasteiger partial charge in [-0.15, -0.1) is 0 Å². The number of ether oxygens (including phenoxy) is 3. The van der Waals surface area contributed by atoms with Crippen molar-refractivity contribution in [2.45, 2.75) is 49.5 Å². The highest BCUT2D eigenvalue weighted by atomic mass is 16.7. The van der Waals surface area contributed by atoms with E-state index >= 15 is 0 Å². The second-order valence-electron chi connectivity index (χ2n) is 8.75. The van der Waals surface area contributed by atoms with Crippen molar-refractivity contribution in [1.82, 2.24) is 4.90 Å². The Balaban J connectivity index is 1.63. The summed E-state index contributed by atoms with van der Waals surface area (Å²) in [6.07, 6.45) is 3.20. The molecular formula is C21H22N2O4. The van der Waals surface area contributed by atoms with Gasteiger partial charge in [0.05, 0.1) is 18.6 Å². The molecule has 0 amide bonds. The zero-order valence-corrected chi connectivity index (χ0v) is 15.4. The van der Waals surface area contributed by atoms with Gasteiger partial charge in [-0.3, -0.25) is 9.69 Å². The van der Waals surface area contributed by atoms with Crippen LogP contribution in [0.5, 0.6) is 0 Å². The van der Waals surface area contributed by atoms with Crippen LogP contribution in [0.4, 0.5) is 5.69 Å². The molecule has 1 aromatic carbocycles. The van der Waals surface area contributed by atoms with Crippen LogP contribution in [0.15, 0.2) is 35.9 Å². The number of rotatable bonds is 1.